The number of hydrogen-bond donors (Lipinski definition) is 0. The fraction of sp³-hybridized carbons (Fsp3) is 0.805. The SMILES string of the molecule is CC/C=C\C/C=C\C/C=C\C/C=C\CCCCCCCCCCCCCCCCC(=O)OCC(COC(=O)CCCCCCC/C=C\C/C=C\CCCCC)OC(=O)CCCCCCCCCCCCCCCCCCCCCCCCC. The van der Waals surface area contributed by atoms with Crippen LogP contribution in [0, 0.1) is 0 Å². The van der Waals surface area contributed by atoms with Crippen molar-refractivity contribution in [3.63, 3.8) is 0 Å². The normalized spacial score (nSPS) is 12.5. The zero-order valence-corrected chi connectivity index (χ0v) is 55.5. The van der Waals surface area contributed by atoms with Gasteiger partial charge < -0.3 is 14.2 Å². The third-order valence-electron chi connectivity index (χ3n) is 16.2. The van der Waals surface area contributed by atoms with E-state index < -0.39 is 6.10 Å². The van der Waals surface area contributed by atoms with Crippen LogP contribution in [0.1, 0.15) is 380 Å². The predicted molar refractivity (Wildman–Crippen MR) is 362 cm³/mol. The maximum Gasteiger partial charge on any atom is 0.306 e. The lowest BCUT2D eigenvalue weighted by atomic mass is 10.0. The summed E-state index contributed by atoms with van der Waals surface area (Å²) in [6, 6.07) is 0. The fourth-order valence-electron chi connectivity index (χ4n) is 10.8. The Bertz CT molecular complexity index is 1520. The highest BCUT2D eigenvalue weighted by Crippen LogP contribution is 2.18. The van der Waals surface area contributed by atoms with Gasteiger partial charge in [0.25, 0.3) is 0 Å². The van der Waals surface area contributed by atoms with E-state index in [4.69, 9.17) is 14.2 Å². The second kappa shape index (κ2) is 71.3. The molecule has 0 radical (unpaired) electrons. The Hall–Kier alpha value is -3.15. The molecular formula is C77H138O6. The molecule has 1 unspecified atom stereocenters. The summed E-state index contributed by atoms with van der Waals surface area (Å²) in [6.45, 7) is 6.56. The van der Waals surface area contributed by atoms with Crippen LogP contribution in [0.5, 0.6) is 0 Å². The van der Waals surface area contributed by atoms with Crippen molar-refractivity contribution in [2.24, 2.45) is 0 Å². The van der Waals surface area contributed by atoms with Gasteiger partial charge in [-0.15, -0.1) is 0 Å². The van der Waals surface area contributed by atoms with E-state index >= 15 is 0 Å². The molecule has 0 aliphatic carbocycles. The molecule has 83 heavy (non-hydrogen) atoms. The highest BCUT2D eigenvalue weighted by molar-refractivity contribution is 5.71. The number of ether oxygens (including phenoxy) is 3. The van der Waals surface area contributed by atoms with Crippen LogP contribution in [0.3, 0.4) is 0 Å². The molecule has 1 atom stereocenters. The van der Waals surface area contributed by atoms with E-state index in [-0.39, 0.29) is 31.1 Å². The molecule has 482 valence electrons. The third kappa shape index (κ3) is 69.5. The molecule has 0 amide bonds. The van der Waals surface area contributed by atoms with E-state index in [0.29, 0.717) is 19.3 Å². The van der Waals surface area contributed by atoms with E-state index in [2.05, 4.69) is 93.7 Å². The van der Waals surface area contributed by atoms with Gasteiger partial charge in [0.1, 0.15) is 13.2 Å². The van der Waals surface area contributed by atoms with Gasteiger partial charge in [-0.2, -0.15) is 0 Å². The Balaban J connectivity index is 4.27. The van der Waals surface area contributed by atoms with Gasteiger partial charge in [0, 0.05) is 19.3 Å². The highest BCUT2D eigenvalue weighted by Gasteiger charge is 2.19. The first-order valence-corrected chi connectivity index (χ1v) is 36.4. The van der Waals surface area contributed by atoms with Crippen molar-refractivity contribution in [3.05, 3.63) is 72.9 Å². The zero-order valence-electron chi connectivity index (χ0n) is 55.5. The first-order chi connectivity index (χ1) is 41.0. The summed E-state index contributed by atoms with van der Waals surface area (Å²) in [7, 11) is 0. The molecule has 0 aromatic heterocycles. The van der Waals surface area contributed by atoms with Crippen LogP contribution in [0.2, 0.25) is 0 Å². The first kappa shape index (κ1) is 79.8. The largest absolute Gasteiger partial charge is 0.462 e. The number of carbonyl (C=O) groups excluding carboxylic acids is 3. The monoisotopic (exact) mass is 1160 g/mol. The second-order valence-corrected chi connectivity index (χ2v) is 24.5. The molecule has 6 nitrogen and oxygen atoms in total. The molecule has 0 fully saturated rings. The van der Waals surface area contributed by atoms with Crippen molar-refractivity contribution in [2.45, 2.75) is 386 Å². The summed E-state index contributed by atoms with van der Waals surface area (Å²) >= 11 is 0. The minimum absolute atomic E-state index is 0.0758. The van der Waals surface area contributed by atoms with Crippen LogP contribution < -0.4 is 0 Å². The van der Waals surface area contributed by atoms with E-state index in [0.717, 1.165) is 103 Å². The Morgan fingerprint density at radius 3 is 0.759 bits per heavy atom. The third-order valence-corrected chi connectivity index (χ3v) is 16.2. The van der Waals surface area contributed by atoms with Crippen LogP contribution in [-0.2, 0) is 28.6 Å². The van der Waals surface area contributed by atoms with Gasteiger partial charge in [0.2, 0.25) is 0 Å². The molecule has 0 rings (SSSR count). The summed E-state index contributed by atoms with van der Waals surface area (Å²) in [5.74, 6) is -0.865. The van der Waals surface area contributed by atoms with Crippen molar-refractivity contribution in [3.8, 4) is 0 Å². The summed E-state index contributed by atoms with van der Waals surface area (Å²) in [6.07, 6.45) is 93.6. The van der Waals surface area contributed by atoms with Gasteiger partial charge in [-0.1, -0.05) is 344 Å². The second-order valence-electron chi connectivity index (χ2n) is 24.5. The van der Waals surface area contributed by atoms with Gasteiger partial charge in [0.05, 0.1) is 0 Å². The van der Waals surface area contributed by atoms with E-state index in [1.165, 1.54) is 238 Å². The molecule has 0 heterocycles. The van der Waals surface area contributed by atoms with Crippen molar-refractivity contribution in [2.75, 3.05) is 13.2 Å². The molecule has 0 saturated heterocycles. The molecule has 0 aliphatic rings. The number of allylic oxidation sites excluding steroid dienone is 12. The summed E-state index contributed by atoms with van der Waals surface area (Å²) in [5.41, 5.74) is 0. The molecule has 0 N–H and O–H groups in total. The van der Waals surface area contributed by atoms with Crippen molar-refractivity contribution >= 4 is 17.9 Å². The first-order valence-electron chi connectivity index (χ1n) is 36.4. The summed E-state index contributed by atoms with van der Waals surface area (Å²) in [5, 5.41) is 0. The zero-order chi connectivity index (χ0) is 59.9. The summed E-state index contributed by atoms with van der Waals surface area (Å²) in [4.78, 5) is 38.5. The number of rotatable bonds is 67. The van der Waals surface area contributed by atoms with Crippen LogP contribution in [0.15, 0.2) is 72.9 Å². The van der Waals surface area contributed by atoms with Gasteiger partial charge in [0.15, 0.2) is 6.10 Å². The van der Waals surface area contributed by atoms with Crippen molar-refractivity contribution in [1.82, 2.24) is 0 Å². The van der Waals surface area contributed by atoms with Crippen molar-refractivity contribution < 1.29 is 28.6 Å². The minimum Gasteiger partial charge on any atom is -0.462 e. The van der Waals surface area contributed by atoms with Crippen LogP contribution in [0.4, 0.5) is 0 Å². The predicted octanol–water partition coefficient (Wildman–Crippen LogP) is 25.2. The number of hydrogen-bond acceptors (Lipinski definition) is 6. The topological polar surface area (TPSA) is 78.9 Å². The standard InChI is InChI=1S/C77H138O6/c1-4-7-10-13-16-19-22-25-28-30-32-34-36-37-38-39-41-42-44-46-49-52-55-58-61-64-67-70-76(79)82-73-74(72-81-75(78)69-66-63-60-57-54-51-48-27-24-21-18-15-12-9-6-3)83-77(80)71-68-65-62-59-56-53-50-47-45-43-40-35-33-31-29-26-23-20-17-14-11-8-5-2/h7,10,16,18-19,21,25,27-28,32,34,48,74H,4-6,8-9,11-15,17,20,22-24,26,29-31,33,35-47,49-73H2,1-3H3/b10-7-,19-16-,21-18-,28-25-,34-32-,48-27-. The Morgan fingerprint density at radius 1 is 0.253 bits per heavy atom. The Labute approximate surface area is 516 Å². The lowest BCUT2D eigenvalue weighted by Crippen LogP contribution is -2.30. The van der Waals surface area contributed by atoms with Gasteiger partial charge >= 0.3 is 17.9 Å². The average molecular weight is 1160 g/mol. The number of carbonyl (C=O) groups is 3. The molecule has 0 saturated carbocycles. The lowest BCUT2D eigenvalue weighted by Gasteiger charge is -2.18. The molecule has 0 aliphatic heterocycles. The lowest BCUT2D eigenvalue weighted by molar-refractivity contribution is -0.167. The molecule has 0 spiro atoms. The van der Waals surface area contributed by atoms with Gasteiger partial charge in [-0.05, 0) is 89.9 Å². The number of esters is 3. The maximum absolute atomic E-state index is 13.0. The number of unbranched alkanes of at least 4 members (excludes halogenated alkanes) is 44. The molecule has 0 aromatic carbocycles. The Morgan fingerprint density at radius 2 is 0.470 bits per heavy atom. The molecule has 0 aromatic rings. The summed E-state index contributed by atoms with van der Waals surface area (Å²) < 4.78 is 17.0. The average Bonchev–Trinajstić information content (AvgIpc) is 3.49. The highest BCUT2D eigenvalue weighted by atomic mass is 16.6. The minimum atomic E-state index is -0.781. The Kier molecular flexibility index (Phi) is 68.6. The quantitative estimate of drug-likeness (QED) is 0.0261. The maximum atomic E-state index is 13.0. The van der Waals surface area contributed by atoms with E-state index in [9.17, 15) is 14.4 Å². The molecule has 0 bridgehead atoms. The fourth-order valence-corrected chi connectivity index (χ4v) is 10.8. The smallest absolute Gasteiger partial charge is 0.306 e. The van der Waals surface area contributed by atoms with Crippen LogP contribution in [0.25, 0.3) is 0 Å². The van der Waals surface area contributed by atoms with Gasteiger partial charge in [-0.25, -0.2) is 0 Å². The molecule has 6 heteroatoms. The van der Waals surface area contributed by atoms with E-state index in [1.807, 2.05) is 0 Å². The van der Waals surface area contributed by atoms with E-state index in [1.54, 1.807) is 0 Å². The van der Waals surface area contributed by atoms with Gasteiger partial charge in [-0.3, -0.25) is 14.4 Å². The van der Waals surface area contributed by atoms with Crippen LogP contribution in [-0.4, -0.2) is 37.2 Å². The molecular weight excluding hydrogens is 1020 g/mol. The van der Waals surface area contributed by atoms with Crippen molar-refractivity contribution in [1.29, 1.82) is 0 Å². The van der Waals surface area contributed by atoms with Crippen LogP contribution >= 0.6 is 0 Å².